The van der Waals surface area contributed by atoms with Crippen molar-refractivity contribution in [1.82, 2.24) is 14.8 Å². The van der Waals surface area contributed by atoms with Gasteiger partial charge in [0.25, 0.3) is 0 Å². The average molecular weight is 390 g/mol. The lowest BCUT2D eigenvalue weighted by atomic mass is 9.97. The Bertz CT molecular complexity index is 698. The summed E-state index contributed by atoms with van der Waals surface area (Å²) in [5.41, 5.74) is 2.44. The highest BCUT2D eigenvalue weighted by molar-refractivity contribution is 7.09. The third-order valence-electron chi connectivity index (χ3n) is 5.37. The zero-order valence-corrected chi connectivity index (χ0v) is 17.6. The van der Waals surface area contributed by atoms with E-state index in [-0.39, 0.29) is 5.82 Å². The molecule has 0 aliphatic carbocycles. The summed E-state index contributed by atoms with van der Waals surface area (Å²) in [5.74, 6) is 1.08. The lowest BCUT2D eigenvalue weighted by Crippen LogP contribution is -2.40. The van der Waals surface area contributed by atoms with E-state index in [1.807, 2.05) is 12.1 Å². The van der Waals surface area contributed by atoms with Gasteiger partial charge in [-0.05, 0) is 62.4 Å². The van der Waals surface area contributed by atoms with Crippen LogP contribution in [0.3, 0.4) is 0 Å². The molecule has 3 rings (SSSR count). The first kappa shape index (κ1) is 20.4. The number of halogens is 1. The second-order valence-electron chi connectivity index (χ2n) is 8.20. The smallest absolute Gasteiger partial charge is 0.123 e. The fourth-order valence-electron chi connectivity index (χ4n) is 3.84. The zero-order valence-electron chi connectivity index (χ0n) is 16.8. The van der Waals surface area contributed by atoms with Crippen molar-refractivity contribution in [1.29, 1.82) is 0 Å². The Morgan fingerprint density at radius 2 is 2.07 bits per heavy atom. The van der Waals surface area contributed by atoms with Crippen LogP contribution in [0.5, 0.6) is 0 Å². The highest BCUT2D eigenvalue weighted by atomic mass is 32.1. The van der Waals surface area contributed by atoms with E-state index in [9.17, 15) is 4.39 Å². The van der Waals surface area contributed by atoms with Gasteiger partial charge in [0.2, 0.25) is 0 Å². The van der Waals surface area contributed by atoms with Gasteiger partial charge in [0.15, 0.2) is 0 Å². The molecule has 0 N–H and O–H groups in total. The Labute approximate surface area is 167 Å². The molecular weight excluding hydrogens is 357 g/mol. The van der Waals surface area contributed by atoms with Gasteiger partial charge in [-0.15, -0.1) is 11.3 Å². The molecule has 0 amide bonds. The summed E-state index contributed by atoms with van der Waals surface area (Å²) in [4.78, 5) is 9.77. The number of likely N-dealkylation sites (tertiary alicyclic amines) is 1. The van der Waals surface area contributed by atoms with E-state index in [2.05, 4.69) is 36.1 Å². The number of piperidine rings is 1. The minimum Gasteiger partial charge on any atom is -0.303 e. The van der Waals surface area contributed by atoms with Gasteiger partial charge >= 0.3 is 0 Å². The molecular formula is C22H32FN3S. The van der Waals surface area contributed by atoms with Gasteiger partial charge in [0.1, 0.15) is 10.8 Å². The van der Waals surface area contributed by atoms with Crippen LogP contribution >= 0.6 is 11.3 Å². The van der Waals surface area contributed by atoms with E-state index in [1.54, 1.807) is 23.5 Å². The van der Waals surface area contributed by atoms with Gasteiger partial charge in [0.05, 0.1) is 12.2 Å². The minimum absolute atomic E-state index is 0.152. The quantitative estimate of drug-likeness (QED) is 0.647. The van der Waals surface area contributed by atoms with Gasteiger partial charge in [0, 0.05) is 25.0 Å². The highest BCUT2D eigenvalue weighted by Gasteiger charge is 2.21. The van der Waals surface area contributed by atoms with Gasteiger partial charge in [-0.2, -0.15) is 0 Å². The van der Waals surface area contributed by atoms with Gasteiger partial charge in [-0.25, -0.2) is 9.37 Å². The standard InChI is InChI=1S/C22H32FN3S/c1-17(2)21-16-27-22(24-21)15-25(3)13-19-5-4-11-26(14-19)12-10-18-6-8-20(23)9-7-18/h6-9,16-17,19H,4-5,10-15H2,1-3H3/t19-/m1/s1. The third kappa shape index (κ3) is 6.37. The average Bonchev–Trinajstić information content (AvgIpc) is 3.10. The second kappa shape index (κ2) is 9.76. The minimum atomic E-state index is -0.152. The van der Waals surface area contributed by atoms with Crippen LogP contribution in [0.4, 0.5) is 4.39 Å². The number of aromatic nitrogens is 1. The molecule has 1 fully saturated rings. The lowest BCUT2D eigenvalue weighted by Gasteiger charge is -2.34. The molecule has 0 bridgehead atoms. The maximum Gasteiger partial charge on any atom is 0.123 e. The second-order valence-corrected chi connectivity index (χ2v) is 9.15. The Balaban J connectivity index is 1.43. The van der Waals surface area contributed by atoms with Gasteiger partial charge in [-0.3, -0.25) is 4.90 Å². The molecule has 1 aromatic heterocycles. The van der Waals surface area contributed by atoms with Crippen molar-refractivity contribution < 1.29 is 4.39 Å². The Morgan fingerprint density at radius 1 is 1.30 bits per heavy atom. The number of hydrogen-bond donors (Lipinski definition) is 0. The van der Waals surface area contributed by atoms with Crippen LogP contribution < -0.4 is 0 Å². The molecule has 0 radical (unpaired) electrons. The molecule has 1 saturated heterocycles. The van der Waals surface area contributed by atoms with E-state index in [1.165, 1.54) is 42.2 Å². The summed E-state index contributed by atoms with van der Waals surface area (Å²) in [6, 6.07) is 6.94. The van der Waals surface area contributed by atoms with E-state index in [4.69, 9.17) is 4.98 Å². The first-order valence-corrected chi connectivity index (χ1v) is 11.0. The topological polar surface area (TPSA) is 19.4 Å². The van der Waals surface area contributed by atoms with Crippen molar-refractivity contribution in [2.24, 2.45) is 5.92 Å². The van der Waals surface area contributed by atoms with E-state index in [0.717, 1.165) is 32.0 Å². The fraction of sp³-hybridized carbons (Fsp3) is 0.591. The SMILES string of the molecule is CC(C)c1csc(CN(C)C[C@H]2CCCN(CCc3ccc(F)cc3)C2)n1. The molecule has 0 saturated carbocycles. The fourth-order valence-corrected chi connectivity index (χ4v) is 4.88. The molecule has 1 aliphatic rings. The highest BCUT2D eigenvalue weighted by Crippen LogP contribution is 2.21. The predicted octanol–water partition coefficient (Wildman–Crippen LogP) is 4.79. The van der Waals surface area contributed by atoms with Crippen LogP contribution in [0.15, 0.2) is 29.6 Å². The number of hydrogen-bond acceptors (Lipinski definition) is 4. The third-order valence-corrected chi connectivity index (χ3v) is 6.22. The maximum atomic E-state index is 13.0. The van der Waals surface area contributed by atoms with Crippen molar-refractivity contribution in [3.05, 3.63) is 51.7 Å². The predicted molar refractivity (Wildman–Crippen MR) is 112 cm³/mol. The summed E-state index contributed by atoms with van der Waals surface area (Å²) < 4.78 is 13.0. The molecule has 27 heavy (non-hydrogen) atoms. The summed E-state index contributed by atoms with van der Waals surface area (Å²) in [5, 5.41) is 3.43. The molecule has 5 heteroatoms. The van der Waals surface area contributed by atoms with E-state index >= 15 is 0 Å². The van der Waals surface area contributed by atoms with E-state index in [0.29, 0.717) is 5.92 Å². The summed E-state index contributed by atoms with van der Waals surface area (Å²) in [6.45, 7) is 9.89. The van der Waals surface area contributed by atoms with Crippen LogP contribution in [0.1, 0.15) is 48.9 Å². The molecule has 1 atom stereocenters. The Hall–Kier alpha value is -1.30. The molecule has 2 heterocycles. The molecule has 148 valence electrons. The molecule has 2 aromatic rings. The van der Waals surface area contributed by atoms with Crippen LogP contribution in [-0.4, -0.2) is 48.0 Å². The first-order valence-electron chi connectivity index (χ1n) is 10.1. The van der Waals surface area contributed by atoms with Crippen LogP contribution in [0.2, 0.25) is 0 Å². The Kier molecular flexibility index (Phi) is 7.39. The molecule has 3 nitrogen and oxygen atoms in total. The zero-order chi connectivity index (χ0) is 19.2. The summed E-state index contributed by atoms with van der Waals surface area (Å²) in [6.07, 6.45) is 3.59. The van der Waals surface area contributed by atoms with Crippen LogP contribution in [0.25, 0.3) is 0 Å². The summed E-state index contributed by atoms with van der Waals surface area (Å²) in [7, 11) is 2.22. The van der Waals surface area contributed by atoms with Crippen molar-refractivity contribution in [2.75, 3.05) is 33.2 Å². The van der Waals surface area contributed by atoms with Crippen molar-refractivity contribution in [3.8, 4) is 0 Å². The monoisotopic (exact) mass is 389 g/mol. The normalized spacial score (nSPS) is 18.5. The first-order chi connectivity index (χ1) is 13.0. The number of thiazole rings is 1. The van der Waals surface area contributed by atoms with Gasteiger partial charge < -0.3 is 4.90 Å². The molecule has 0 unspecified atom stereocenters. The maximum absolute atomic E-state index is 13.0. The molecule has 1 aliphatic heterocycles. The largest absolute Gasteiger partial charge is 0.303 e. The van der Waals surface area contributed by atoms with Crippen molar-refractivity contribution in [2.45, 2.75) is 45.6 Å². The van der Waals surface area contributed by atoms with Crippen molar-refractivity contribution >= 4 is 11.3 Å². The van der Waals surface area contributed by atoms with Gasteiger partial charge in [-0.1, -0.05) is 26.0 Å². The molecule has 1 aromatic carbocycles. The number of nitrogens with zero attached hydrogens (tertiary/aromatic N) is 3. The molecule has 0 spiro atoms. The number of rotatable bonds is 8. The lowest BCUT2D eigenvalue weighted by molar-refractivity contribution is 0.142. The van der Waals surface area contributed by atoms with Crippen LogP contribution in [-0.2, 0) is 13.0 Å². The number of benzene rings is 1. The Morgan fingerprint density at radius 3 is 2.78 bits per heavy atom. The van der Waals surface area contributed by atoms with Crippen LogP contribution in [0, 0.1) is 11.7 Å². The summed E-state index contributed by atoms with van der Waals surface area (Å²) >= 11 is 1.79. The van der Waals surface area contributed by atoms with Crippen molar-refractivity contribution in [3.63, 3.8) is 0 Å². The van der Waals surface area contributed by atoms with E-state index < -0.39 is 0 Å².